The molecule has 1 atom stereocenters. The number of benzene rings is 1. The zero-order valence-electron chi connectivity index (χ0n) is 7.35. The Bertz CT molecular complexity index is 411. The van der Waals surface area contributed by atoms with Crippen molar-refractivity contribution in [2.45, 2.75) is 6.10 Å². The van der Waals surface area contributed by atoms with Crippen LogP contribution >= 0.6 is 27.3 Å². The van der Waals surface area contributed by atoms with Gasteiger partial charge in [0, 0.05) is 9.35 Å². The summed E-state index contributed by atoms with van der Waals surface area (Å²) >= 11 is 4.95. The van der Waals surface area contributed by atoms with Gasteiger partial charge in [-0.2, -0.15) is 0 Å². The van der Waals surface area contributed by atoms with Crippen molar-refractivity contribution in [1.29, 1.82) is 0 Å². The molecule has 0 radical (unpaired) electrons. The van der Waals surface area contributed by atoms with Crippen LogP contribution in [0.4, 0.5) is 0 Å². The van der Waals surface area contributed by atoms with Crippen molar-refractivity contribution in [1.82, 2.24) is 0 Å². The van der Waals surface area contributed by atoms with E-state index in [4.69, 9.17) is 0 Å². The number of aliphatic hydroxyl groups excluding tert-OH is 1. The van der Waals surface area contributed by atoms with E-state index < -0.39 is 6.10 Å². The fraction of sp³-hybridized carbons (Fsp3) is 0.0909. The van der Waals surface area contributed by atoms with E-state index >= 15 is 0 Å². The molecule has 1 aromatic heterocycles. The molecule has 0 aliphatic rings. The van der Waals surface area contributed by atoms with Gasteiger partial charge in [0.15, 0.2) is 0 Å². The third kappa shape index (κ3) is 2.05. The number of hydrogen-bond donors (Lipinski definition) is 1. The molecule has 0 bridgehead atoms. The highest BCUT2D eigenvalue weighted by molar-refractivity contribution is 9.10. The molecule has 14 heavy (non-hydrogen) atoms. The van der Waals surface area contributed by atoms with Crippen molar-refractivity contribution >= 4 is 27.3 Å². The molecule has 0 saturated carbocycles. The van der Waals surface area contributed by atoms with Gasteiger partial charge in [-0.15, -0.1) is 11.3 Å². The third-order valence-corrected chi connectivity index (χ3v) is 3.40. The highest BCUT2D eigenvalue weighted by atomic mass is 79.9. The van der Waals surface area contributed by atoms with Gasteiger partial charge in [-0.1, -0.05) is 34.1 Å². The Morgan fingerprint density at radius 2 is 2.07 bits per heavy atom. The summed E-state index contributed by atoms with van der Waals surface area (Å²) < 4.78 is 0.991. The van der Waals surface area contributed by atoms with Crippen LogP contribution in [0.5, 0.6) is 0 Å². The lowest BCUT2D eigenvalue weighted by Gasteiger charge is -2.08. The van der Waals surface area contributed by atoms with Crippen LogP contribution < -0.4 is 0 Å². The lowest BCUT2D eigenvalue weighted by molar-refractivity contribution is 0.224. The van der Waals surface area contributed by atoms with E-state index in [2.05, 4.69) is 15.9 Å². The molecule has 0 amide bonds. The largest absolute Gasteiger partial charge is 0.383 e. The molecule has 1 unspecified atom stereocenters. The Morgan fingerprint density at radius 3 is 2.71 bits per heavy atom. The lowest BCUT2D eigenvalue weighted by Crippen LogP contribution is -1.96. The minimum atomic E-state index is -0.507. The quantitative estimate of drug-likeness (QED) is 0.883. The van der Waals surface area contributed by atoms with Crippen LogP contribution in [0.2, 0.25) is 0 Å². The van der Waals surface area contributed by atoms with Gasteiger partial charge in [0.25, 0.3) is 0 Å². The van der Waals surface area contributed by atoms with Gasteiger partial charge < -0.3 is 5.11 Å². The molecular formula is C11H9BrOS. The number of rotatable bonds is 2. The lowest BCUT2D eigenvalue weighted by atomic mass is 10.1. The van der Waals surface area contributed by atoms with Gasteiger partial charge in [-0.05, 0) is 29.1 Å². The van der Waals surface area contributed by atoms with Crippen molar-refractivity contribution < 1.29 is 5.11 Å². The second-order valence-electron chi connectivity index (χ2n) is 2.97. The summed E-state index contributed by atoms with van der Waals surface area (Å²) in [7, 11) is 0. The van der Waals surface area contributed by atoms with Gasteiger partial charge in [0.2, 0.25) is 0 Å². The van der Waals surface area contributed by atoms with Crippen LogP contribution in [0.25, 0.3) is 0 Å². The Morgan fingerprint density at radius 1 is 1.21 bits per heavy atom. The van der Waals surface area contributed by atoms with Gasteiger partial charge >= 0.3 is 0 Å². The second kappa shape index (κ2) is 4.26. The number of aliphatic hydroxyl groups is 1. The summed E-state index contributed by atoms with van der Waals surface area (Å²) in [5, 5.41) is 12.0. The molecular weight excluding hydrogens is 260 g/mol. The number of thiophene rings is 1. The van der Waals surface area contributed by atoms with E-state index in [0.29, 0.717) is 0 Å². The molecule has 1 heterocycles. The van der Waals surface area contributed by atoms with Crippen molar-refractivity contribution in [2.24, 2.45) is 0 Å². The van der Waals surface area contributed by atoms with Crippen LogP contribution in [-0.2, 0) is 0 Å². The molecule has 0 saturated heterocycles. The predicted octanol–water partition coefficient (Wildman–Crippen LogP) is 3.59. The van der Waals surface area contributed by atoms with Crippen molar-refractivity contribution in [3.8, 4) is 0 Å². The van der Waals surface area contributed by atoms with E-state index in [-0.39, 0.29) is 0 Å². The van der Waals surface area contributed by atoms with Gasteiger partial charge in [-0.25, -0.2) is 0 Å². The minimum Gasteiger partial charge on any atom is -0.383 e. The smallest absolute Gasteiger partial charge is 0.113 e. The van der Waals surface area contributed by atoms with Crippen molar-refractivity contribution in [2.75, 3.05) is 0 Å². The average molecular weight is 269 g/mol. The van der Waals surface area contributed by atoms with Gasteiger partial charge in [-0.3, -0.25) is 0 Å². The first kappa shape index (κ1) is 9.90. The normalized spacial score (nSPS) is 12.7. The maximum atomic E-state index is 9.99. The fourth-order valence-corrected chi connectivity index (χ4v) is 2.44. The molecule has 0 fully saturated rings. The zero-order valence-corrected chi connectivity index (χ0v) is 9.75. The monoisotopic (exact) mass is 268 g/mol. The summed E-state index contributed by atoms with van der Waals surface area (Å²) in [5.74, 6) is 0. The van der Waals surface area contributed by atoms with E-state index in [9.17, 15) is 5.11 Å². The first-order chi connectivity index (χ1) is 6.77. The van der Waals surface area contributed by atoms with Crippen LogP contribution in [0.1, 0.15) is 16.5 Å². The Hall–Kier alpha value is -0.640. The van der Waals surface area contributed by atoms with E-state index in [1.54, 1.807) is 11.3 Å². The maximum absolute atomic E-state index is 9.99. The summed E-state index contributed by atoms with van der Waals surface area (Å²) in [4.78, 5) is 0.975. The molecule has 0 aliphatic carbocycles. The summed E-state index contributed by atoms with van der Waals surface area (Å²) in [6.07, 6.45) is -0.507. The molecule has 1 N–H and O–H groups in total. The standard InChI is InChI=1S/C11H9BrOS/c12-9-4-1-3-8(7-9)11(13)10-5-2-6-14-10/h1-7,11,13H. The molecule has 2 aromatic rings. The second-order valence-corrected chi connectivity index (χ2v) is 4.87. The zero-order chi connectivity index (χ0) is 9.97. The van der Waals surface area contributed by atoms with Crippen LogP contribution in [0.15, 0.2) is 46.3 Å². The molecule has 1 nitrogen and oxygen atoms in total. The summed E-state index contributed by atoms with van der Waals surface area (Å²) in [6.45, 7) is 0. The Balaban J connectivity index is 2.32. The molecule has 3 heteroatoms. The Labute approximate surface area is 95.2 Å². The summed E-state index contributed by atoms with van der Waals surface area (Å²) in [5.41, 5.74) is 0.918. The van der Waals surface area contributed by atoms with Gasteiger partial charge in [0.1, 0.15) is 6.10 Å². The highest BCUT2D eigenvalue weighted by Crippen LogP contribution is 2.27. The topological polar surface area (TPSA) is 20.2 Å². The highest BCUT2D eigenvalue weighted by Gasteiger charge is 2.10. The Kier molecular flexibility index (Phi) is 3.01. The fourth-order valence-electron chi connectivity index (χ4n) is 1.29. The molecule has 72 valence electrons. The molecule has 0 aliphatic heterocycles. The minimum absolute atomic E-state index is 0.507. The first-order valence-electron chi connectivity index (χ1n) is 4.24. The SMILES string of the molecule is OC(c1cccc(Br)c1)c1cccs1. The van der Waals surface area contributed by atoms with E-state index in [1.165, 1.54) is 0 Å². The van der Waals surface area contributed by atoms with E-state index in [0.717, 1.165) is 14.9 Å². The number of halogens is 1. The summed E-state index contributed by atoms with van der Waals surface area (Å²) in [6, 6.07) is 11.6. The van der Waals surface area contributed by atoms with Crippen LogP contribution in [-0.4, -0.2) is 5.11 Å². The molecule has 2 rings (SSSR count). The van der Waals surface area contributed by atoms with E-state index in [1.807, 2.05) is 41.8 Å². The predicted molar refractivity (Wildman–Crippen MR) is 62.5 cm³/mol. The molecule has 1 aromatic carbocycles. The van der Waals surface area contributed by atoms with Crippen LogP contribution in [0.3, 0.4) is 0 Å². The molecule has 0 spiro atoms. The third-order valence-electron chi connectivity index (χ3n) is 1.98. The maximum Gasteiger partial charge on any atom is 0.113 e. The van der Waals surface area contributed by atoms with Gasteiger partial charge in [0.05, 0.1) is 0 Å². The van der Waals surface area contributed by atoms with Crippen LogP contribution in [0, 0.1) is 0 Å². The average Bonchev–Trinajstić information content (AvgIpc) is 2.69. The van der Waals surface area contributed by atoms with Crippen molar-refractivity contribution in [3.63, 3.8) is 0 Å². The first-order valence-corrected chi connectivity index (χ1v) is 5.91. The number of hydrogen-bond acceptors (Lipinski definition) is 2. The van der Waals surface area contributed by atoms with Crippen molar-refractivity contribution in [3.05, 3.63) is 56.7 Å².